The van der Waals surface area contributed by atoms with Gasteiger partial charge in [-0.25, -0.2) is 0 Å². The van der Waals surface area contributed by atoms with Gasteiger partial charge in [0.25, 0.3) is 0 Å². The van der Waals surface area contributed by atoms with Crippen LogP contribution in [0.1, 0.15) is 39.5 Å². The Kier molecular flexibility index (Phi) is 7.79. The van der Waals surface area contributed by atoms with Gasteiger partial charge in [-0.3, -0.25) is 0 Å². The Morgan fingerprint density at radius 1 is 1.45 bits per heavy atom. The number of unbranched alkanes of at least 4 members (excludes halogenated alkanes) is 1. The molecule has 2 nitrogen and oxygen atoms in total. The van der Waals surface area contributed by atoms with E-state index in [2.05, 4.69) is 13.8 Å². The van der Waals surface area contributed by atoms with Gasteiger partial charge in [-0.05, 0) is 12.3 Å². The van der Waals surface area contributed by atoms with Gasteiger partial charge in [0.05, 0.1) is 6.61 Å². The molecule has 0 heterocycles. The van der Waals surface area contributed by atoms with Gasteiger partial charge in [0, 0.05) is 0 Å². The predicted octanol–water partition coefficient (Wildman–Crippen LogP) is 1.92. The van der Waals surface area contributed by atoms with Gasteiger partial charge in [-0.15, -0.1) is 0 Å². The zero-order valence-corrected chi connectivity index (χ0v) is 8.66. The predicted molar refractivity (Wildman–Crippen MR) is 47.1 cm³/mol. The summed E-state index contributed by atoms with van der Waals surface area (Å²) in [5.41, 5.74) is 0. The third kappa shape index (κ3) is 6.22. The molecule has 1 atom stereocenters. The number of hydrogen-bond acceptors (Lipinski definition) is 2. The molecule has 0 spiro atoms. The first-order chi connectivity index (χ1) is 5.35. The van der Waals surface area contributed by atoms with E-state index in [0.717, 1.165) is 6.42 Å². The molecule has 0 aromatic rings. The molecule has 0 fully saturated rings. The van der Waals surface area contributed by atoms with Crippen LogP contribution in [0, 0.1) is 5.92 Å². The average molecular weight is 174 g/mol. The maximum Gasteiger partial charge on any atom is 0.487 e. The summed E-state index contributed by atoms with van der Waals surface area (Å²) in [7, 11) is -1.00. The third-order valence-electron chi connectivity index (χ3n) is 1.94. The Balaban J connectivity index is 3.32. The van der Waals surface area contributed by atoms with E-state index in [9.17, 15) is 4.46 Å². The van der Waals surface area contributed by atoms with E-state index >= 15 is 0 Å². The van der Waals surface area contributed by atoms with Crippen molar-refractivity contribution in [2.45, 2.75) is 39.5 Å². The van der Waals surface area contributed by atoms with E-state index < -0.39 is 9.65 Å². The monoisotopic (exact) mass is 174 g/mol. The molecule has 0 radical (unpaired) electrons. The summed E-state index contributed by atoms with van der Waals surface area (Å²) < 4.78 is 15.0. The second kappa shape index (κ2) is 7.92. The Morgan fingerprint density at radius 2 is 2.18 bits per heavy atom. The summed E-state index contributed by atoms with van der Waals surface area (Å²) in [6, 6.07) is 0. The Morgan fingerprint density at radius 3 is 2.64 bits per heavy atom. The maximum absolute atomic E-state index is 10.1. The molecule has 0 saturated heterocycles. The first kappa shape index (κ1) is 10.8. The minimum Gasteiger partial charge on any atom is -0.526 e. The van der Waals surface area contributed by atoms with E-state index in [4.69, 9.17) is 4.43 Å². The van der Waals surface area contributed by atoms with Crippen LogP contribution in [0.2, 0.25) is 0 Å². The molecule has 0 aliphatic rings. The maximum atomic E-state index is 10.1. The molecule has 0 amide bonds. The number of hydrogen-bond donors (Lipinski definition) is 0. The summed E-state index contributed by atoms with van der Waals surface area (Å²) in [6.45, 7) is 5.03. The van der Waals surface area contributed by atoms with Gasteiger partial charge < -0.3 is 8.89 Å². The second-order valence-corrected chi connectivity index (χ2v) is 3.37. The zero-order valence-electron chi connectivity index (χ0n) is 7.51. The van der Waals surface area contributed by atoms with Gasteiger partial charge in [-0.1, -0.05) is 33.1 Å². The van der Waals surface area contributed by atoms with Crippen LogP contribution in [0.3, 0.4) is 0 Å². The summed E-state index contributed by atoms with van der Waals surface area (Å²) in [6.07, 6.45) is 4.85. The molecule has 1 unspecified atom stereocenters. The molecule has 0 N–H and O–H groups in total. The van der Waals surface area contributed by atoms with E-state index in [1.54, 1.807) is 0 Å². The fourth-order valence-electron chi connectivity index (χ4n) is 1.07. The third-order valence-corrected chi connectivity index (χ3v) is 2.27. The fraction of sp³-hybridized carbons (Fsp3) is 1.00. The molecule has 3 heteroatoms. The highest BCUT2D eigenvalue weighted by Crippen LogP contribution is 2.11. The minimum atomic E-state index is -1.00. The van der Waals surface area contributed by atoms with Crippen LogP contribution in [0.15, 0.2) is 0 Å². The molecular weight excluding hydrogens is 156 g/mol. The van der Waals surface area contributed by atoms with Crippen LogP contribution in [-0.4, -0.2) is 16.3 Å². The summed E-state index contributed by atoms with van der Waals surface area (Å²) in [4.78, 5) is 0. The van der Waals surface area contributed by atoms with Gasteiger partial charge in [-0.2, -0.15) is 0 Å². The van der Waals surface area contributed by atoms with Crippen LogP contribution in [0.5, 0.6) is 0 Å². The Hall–Kier alpha value is -0.183. The first-order valence-corrected chi connectivity index (χ1v) is 5.34. The van der Waals surface area contributed by atoms with Crippen LogP contribution in [-0.2, 0) is 8.89 Å². The zero-order chi connectivity index (χ0) is 8.53. The molecule has 0 aromatic heterocycles. The van der Waals surface area contributed by atoms with E-state index in [0.29, 0.717) is 12.5 Å². The topological polar surface area (TPSA) is 26.3 Å². The quantitative estimate of drug-likeness (QED) is 0.551. The van der Waals surface area contributed by atoms with Gasteiger partial charge in [0.2, 0.25) is 0 Å². The molecule has 0 aromatic carbocycles. The lowest BCUT2D eigenvalue weighted by atomic mass is 10.0. The fourth-order valence-corrected chi connectivity index (χ4v) is 1.42. The lowest BCUT2D eigenvalue weighted by Crippen LogP contribution is -2.08. The van der Waals surface area contributed by atoms with Crippen LogP contribution in [0.25, 0.3) is 0 Å². The van der Waals surface area contributed by atoms with Crippen LogP contribution in [0.4, 0.5) is 0 Å². The van der Waals surface area contributed by atoms with Crippen molar-refractivity contribution >= 4 is 9.65 Å². The van der Waals surface area contributed by atoms with E-state index in [1.807, 2.05) is 0 Å². The van der Waals surface area contributed by atoms with Crippen LogP contribution < -0.4 is 0 Å². The standard InChI is InChI=1S/C8H18O2Si/c1-3-5-6-8(4-2)7-10-11-9/h8,11H,3-7H2,1-2H3. The molecule has 0 aliphatic carbocycles. The lowest BCUT2D eigenvalue weighted by Gasteiger charge is -2.12. The molecule has 0 saturated carbocycles. The van der Waals surface area contributed by atoms with E-state index in [1.165, 1.54) is 19.3 Å². The van der Waals surface area contributed by atoms with Crippen molar-refractivity contribution in [2.24, 2.45) is 5.92 Å². The number of rotatable bonds is 7. The largest absolute Gasteiger partial charge is 0.526 e. The summed E-state index contributed by atoms with van der Waals surface area (Å²) in [5, 5.41) is 0. The molecule has 0 aliphatic heterocycles. The van der Waals surface area contributed by atoms with Crippen LogP contribution >= 0.6 is 0 Å². The lowest BCUT2D eigenvalue weighted by molar-refractivity contribution is 0.230. The minimum absolute atomic E-state index is 0.622. The van der Waals surface area contributed by atoms with Gasteiger partial charge >= 0.3 is 9.65 Å². The Labute approximate surface area is 71.3 Å². The molecular formula is C8H18O2Si. The van der Waals surface area contributed by atoms with Crippen molar-refractivity contribution in [3.63, 3.8) is 0 Å². The van der Waals surface area contributed by atoms with Gasteiger partial charge in [0.15, 0.2) is 0 Å². The second-order valence-electron chi connectivity index (χ2n) is 2.85. The normalized spacial score (nSPS) is 12.5. The smallest absolute Gasteiger partial charge is 0.487 e. The first-order valence-electron chi connectivity index (χ1n) is 4.40. The SMILES string of the molecule is CCCCC(CC)CO[SiH]=O. The van der Waals surface area contributed by atoms with Crippen molar-refractivity contribution in [1.82, 2.24) is 0 Å². The van der Waals surface area contributed by atoms with E-state index in [-0.39, 0.29) is 0 Å². The van der Waals surface area contributed by atoms with Crippen molar-refractivity contribution in [3.8, 4) is 0 Å². The average Bonchev–Trinajstić information content (AvgIpc) is 2.05. The van der Waals surface area contributed by atoms with Crippen molar-refractivity contribution in [2.75, 3.05) is 6.61 Å². The van der Waals surface area contributed by atoms with Gasteiger partial charge in [0.1, 0.15) is 0 Å². The highest BCUT2D eigenvalue weighted by Gasteiger charge is 2.04. The summed E-state index contributed by atoms with van der Waals surface area (Å²) >= 11 is 0. The van der Waals surface area contributed by atoms with Crippen molar-refractivity contribution in [1.29, 1.82) is 0 Å². The highest BCUT2D eigenvalue weighted by molar-refractivity contribution is 6.06. The summed E-state index contributed by atoms with van der Waals surface area (Å²) in [5.74, 6) is 0.622. The highest BCUT2D eigenvalue weighted by atomic mass is 28.2. The molecule has 0 rings (SSSR count). The molecule has 0 bridgehead atoms. The molecule has 11 heavy (non-hydrogen) atoms. The Bertz CT molecular complexity index is 96.1. The van der Waals surface area contributed by atoms with Crippen molar-refractivity contribution in [3.05, 3.63) is 0 Å². The van der Waals surface area contributed by atoms with Crippen molar-refractivity contribution < 1.29 is 8.89 Å². The molecule has 66 valence electrons.